The molecule has 1 aliphatic rings. The molecule has 0 radical (unpaired) electrons. The van der Waals surface area contributed by atoms with Crippen molar-refractivity contribution in [2.45, 2.75) is 12.0 Å². The summed E-state index contributed by atoms with van der Waals surface area (Å²) in [5.74, 6) is -0.977. The third-order valence-corrected chi connectivity index (χ3v) is 4.20. The first-order valence-corrected chi connectivity index (χ1v) is 8.13. The van der Waals surface area contributed by atoms with Gasteiger partial charge in [0.2, 0.25) is 0 Å². The number of hydrogen-bond acceptors (Lipinski definition) is 3. The monoisotopic (exact) mass is 353 g/mol. The highest BCUT2D eigenvalue weighted by atomic mass is 35.5. The van der Waals surface area contributed by atoms with Gasteiger partial charge in [-0.2, -0.15) is 0 Å². The van der Waals surface area contributed by atoms with E-state index >= 15 is 0 Å². The van der Waals surface area contributed by atoms with E-state index in [1.165, 1.54) is 12.1 Å². The Hall–Kier alpha value is -2.69. The molecule has 1 unspecified atom stereocenters. The average Bonchev–Trinajstić information content (AvgIpc) is 2.83. The van der Waals surface area contributed by atoms with E-state index in [2.05, 4.69) is 5.32 Å². The van der Waals surface area contributed by atoms with E-state index in [4.69, 9.17) is 11.6 Å². The lowest BCUT2D eigenvalue weighted by Crippen LogP contribution is -2.36. The molecule has 126 valence electrons. The van der Waals surface area contributed by atoms with Crippen LogP contribution < -0.4 is 5.32 Å². The van der Waals surface area contributed by atoms with Crippen molar-refractivity contribution in [2.24, 2.45) is 0 Å². The zero-order valence-electron chi connectivity index (χ0n) is 13.3. The fraction of sp³-hybridized carbons (Fsp3) is 0.100. The van der Waals surface area contributed by atoms with Crippen molar-refractivity contribution in [1.29, 1.82) is 0 Å². The molecule has 1 aliphatic heterocycles. The fourth-order valence-electron chi connectivity index (χ4n) is 2.70. The summed E-state index contributed by atoms with van der Waals surface area (Å²) in [7, 11) is 0. The first-order chi connectivity index (χ1) is 12.0. The maximum atomic E-state index is 12.2. The molecular formula is C20H16ClNO3. The number of rotatable bonds is 5. The van der Waals surface area contributed by atoms with Gasteiger partial charge in [0, 0.05) is 16.3 Å². The van der Waals surface area contributed by atoms with E-state index in [0.717, 1.165) is 5.56 Å². The molecule has 1 amide bonds. The maximum Gasteiger partial charge on any atom is 0.261 e. The van der Waals surface area contributed by atoms with Crippen molar-refractivity contribution in [1.82, 2.24) is 0 Å². The zero-order valence-corrected chi connectivity index (χ0v) is 14.0. The van der Waals surface area contributed by atoms with Crippen LogP contribution in [0.4, 0.5) is 5.69 Å². The fourth-order valence-corrected chi connectivity index (χ4v) is 2.87. The molecule has 0 spiro atoms. The molecule has 0 saturated heterocycles. The molecule has 0 fully saturated rings. The van der Waals surface area contributed by atoms with Crippen LogP contribution in [-0.4, -0.2) is 16.8 Å². The van der Waals surface area contributed by atoms with Crippen molar-refractivity contribution in [3.05, 3.63) is 82.9 Å². The van der Waals surface area contributed by atoms with E-state index in [-0.39, 0.29) is 12.2 Å². The predicted molar refractivity (Wildman–Crippen MR) is 98.2 cm³/mol. The van der Waals surface area contributed by atoms with Crippen LogP contribution in [0.15, 0.2) is 66.8 Å². The lowest BCUT2D eigenvalue weighted by atomic mass is 9.90. The Labute approximate surface area is 150 Å². The molecule has 0 saturated carbocycles. The van der Waals surface area contributed by atoms with Gasteiger partial charge in [-0.05, 0) is 29.8 Å². The molecule has 3 rings (SSSR count). The summed E-state index contributed by atoms with van der Waals surface area (Å²) in [6, 6.07) is 14.4. The highest BCUT2D eigenvalue weighted by Crippen LogP contribution is 2.39. The van der Waals surface area contributed by atoms with E-state index in [1.807, 2.05) is 36.4 Å². The van der Waals surface area contributed by atoms with Gasteiger partial charge in [0.1, 0.15) is 0 Å². The number of hydrogen-bond donors (Lipinski definition) is 2. The summed E-state index contributed by atoms with van der Waals surface area (Å²) in [6.07, 6.45) is 6.17. The maximum absolute atomic E-state index is 12.2. The van der Waals surface area contributed by atoms with E-state index < -0.39 is 11.5 Å². The van der Waals surface area contributed by atoms with Gasteiger partial charge in [0.05, 0.1) is 6.42 Å². The molecule has 2 aromatic carbocycles. The van der Waals surface area contributed by atoms with Crippen LogP contribution in [0.25, 0.3) is 6.08 Å². The summed E-state index contributed by atoms with van der Waals surface area (Å²) in [5, 5.41) is 13.7. The number of nitrogens with one attached hydrogen (secondary N) is 1. The predicted octanol–water partition coefficient (Wildman–Crippen LogP) is 3.71. The Balaban J connectivity index is 1.71. The van der Waals surface area contributed by atoms with E-state index in [9.17, 15) is 14.7 Å². The van der Waals surface area contributed by atoms with Crippen molar-refractivity contribution in [2.75, 3.05) is 5.32 Å². The second-order valence-corrected chi connectivity index (χ2v) is 6.21. The highest BCUT2D eigenvalue weighted by Gasteiger charge is 2.46. The number of amides is 1. The molecule has 2 aromatic rings. The third-order valence-electron chi connectivity index (χ3n) is 3.96. The van der Waals surface area contributed by atoms with Gasteiger partial charge in [-0.15, -0.1) is 0 Å². The molecule has 0 aromatic heterocycles. The van der Waals surface area contributed by atoms with Crippen LogP contribution in [-0.2, 0) is 15.2 Å². The average molecular weight is 354 g/mol. The van der Waals surface area contributed by atoms with E-state index in [0.29, 0.717) is 16.3 Å². The minimum absolute atomic E-state index is 0.326. The van der Waals surface area contributed by atoms with Crippen LogP contribution in [0.3, 0.4) is 0 Å². The first-order valence-electron chi connectivity index (χ1n) is 7.75. The van der Waals surface area contributed by atoms with Crippen LogP contribution in [0, 0.1) is 0 Å². The minimum atomic E-state index is -1.90. The molecule has 2 N–H and O–H groups in total. The van der Waals surface area contributed by atoms with Gasteiger partial charge >= 0.3 is 0 Å². The van der Waals surface area contributed by atoms with Crippen LogP contribution >= 0.6 is 11.6 Å². The topological polar surface area (TPSA) is 66.4 Å². The SMILES string of the molecule is O=C(C=CC=Cc1ccccc1)CC1(O)C(=O)Nc2ccc(Cl)cc21. The smallest absolute Gasteiger partial charge is 0.261 e. The van der Waals surface area contributed by atoms with Crippen molar-refractivity contribution >= 4 is 35.1 Å². The Bertz CT molecular complexity index is 874. The molecule has 5 heteroatoms. The number of allylic oxidation sites excluding steroid dienone is 3. The molecule has 25 heavy (non-hydrogen) atoms. The zero-order chi connectivity index (χ0) is 17.9. The van der Waals surface area contributed by atoms with Gasteiger partial charge in [-0.25, -0.2) is 0 Å². The lowest BCUT2D eigenvalue weighted by molar-refractivity contribution is -0.138. The van der Waals surface area contributed by atoms with Crippen LogP contribution in [0.2, 0.25) is 5.02 Å². The van der Waals surface area contributed by atoms with Gasteiger partial charge in [-0.3, -0.25) is 9.59 Å². The Morgan fingerprint density at radius 1 is 1.16 bits per heavy atom. The van der Waals surface area contributed by atoms with Gasteiger partial charge in [-0.1, -0.05) is 60.2 Å². The Morgan fingerprint density at radius 3 is 2.68 bits per heavy atom. The number of carbonyl (C=O) groups excluding carboxylic acids is 2. The summed E-state index contributed by atoms with van der Waals surface area (Å²) in [5.41, 5.74) is -0.0914. The Kier molecular flexibility index (Phi) is 4.83. The molecule has 1 heterocycles. The summed E-state index contributed by atoms with van der Waals surface area (Å²) < 4.78 is 0. The quantitative estimate of drug-likeness (QED) is 0.636. The number of aliphatic hydroxyl groups is 1. The highest BCUT2D eigenvalue weighted by molar-refractivity contribution is 6.31. The van der Waals surface area contributed by atoms with Crippen molar-refractivity contribution in [3.8, 4) is 0 Å². The summed E-state index contributed by atoms with van der Waals surface area (Å²) in [4.78, 5) is 24.3. The van der Waals surface area contributed by atoms with Gasteiger partial charge in [0.15, 0.2) is 11.4 Å². The summed E-state index contributed by atoms with van der Waals surface area (Å²) in [6.45, 7) is 0. The van der Waals surface area contributed by atoms with Gasteiger partial charge < -0.3 is 10.4 Å². The van der Waals surface area contributed by atoms with Crippen molar-refractivity contribution < 1.29 is 14.7 Å². The third kappa shape index (κ3) is 3.71. The van der Waals surface area contributed by atoms with Crippen molar-refractivity contribution in [3.63, 3.8) is 0 Å². The molecule has 0 bridgehead atoms. The van der Waals surface area contributed by atoms with Crippen LogP contribution in [0.1, 0.15) is 17.5 Å². The summed E-state index contributed by atoms with van der Waals surface area (Å²) >= 11 is 5.94. The number of fused-ring (bicyclic) bond motifs is 1. The Morgan fingerprint density at radius 2 is 1.92 bits per heavy atom. The molecular weight excluding hydrogens is 338 g/mol. The number of halogens is 1. The van der Waals surface area contributed by atoms with E-state index in [1.54, 1.807) is 24.3 Å². The van der Waals surface area contributed by atoms with Crippen LogP contribution in [0.5, 0.6) is 0 Å². The number of carbonyl (C=O) groups is 2. The number of benzene rings is 2. The largest absolute Gasteiger partial charge is 0.375 e. The normalized spacial score (nSPS) is 19.4. The molecule has 0 aliphatic carbocycles. The second-order valence-electron chi connectivity index (χ2n) is 5.78. The van der Waals surface area contributed by atoms with Gasteiger partial charge in [0.25, 0.3) is 5.91 Å². The first kappa shape index (κ1) is 17.1. The second kappa shape index (κ2) is 7.05. The minimum Gasteiger partial charge on any atom is -0.375 e. The number of ketones is 1. The number of anilines is 1. The standard InChI is InChI=1S/C20H16ClNO3/c21-15-10-11-18-17(12-15)20(25,19(24)22-18)13-16(23)9-5-4-8-14-6-2-1-3-7-14/h1-12,25H,13H2,(H,22,24). The molecule has 4 nitrogen and oxygen atoms in total. The lowest BCUT2D eigenvalue weighted by Gasteiger charge is -2.19. The molecule has 1 atom stereocenters.